The number of hydrogen-bond donors (Lipinski definition) is 2. The molecule has 0 amide bonds. The predicted molar refractivity (Wildman–Crippen MR) is 77.0 cm³/mol. The highest BCUT2D eigenvalue weighted by molar-refractivity contribution is 4.82. The molecule has 18 heavy (non-hydrogen) atoms. The number of nitrogens with zero attached hydrogens (tertiary/aromatic N) is 1. The van der Waals surface area contributed by atoms with Crippen molar-refractivity contribution >= 4 is 0 Å². The molecule has 0 saturated carbocycles. The van der Waals surface area contributed by atoms with Crippen LogP contribution >= 0.6 is 0 Å². The Morgan fingerprint density at radius 2 is 2.00 bits per heavy atom. The van der Waals surface area contributed by atoms with Crippen molar-refractivity contribution in [3.05, 3.63) is 0 Å². The van der Waals surface area contributed by atoms with Gasteiger partial charge in [-0.1, -0.05) is 6.92 Å². The van der Waals surface area contributed by atoms with E-state index in [1.807, 2.05) is 6.92 Å². The lowest BCUT2D eigenvalue weighted by atomic mass is 9.96. The fourth-order valence-corrected chi connectivity index (χ4v) is 1.87. The van der Waals surface area contributed by atoms with Gasteiger partial charge in [-0.2, -0.15) is 0 Å². The van der Waals surface area contributed by atoms with Gasteiger partial charge in [-0.25, -0.2) is 0 Å². The van der Waals surface area contributed by atoms with Gasteiger partial charge in [-0.05, 0) is 53.2 Å². The smallest absolute Gasteiger partial charge is 0.0610 e. The van der Waals surface area contributed by atoms with Crippen molar-refractivity contribution < 1.29 is 9.84 Å². The highest BCUT2D eigenvalue weighted by atomic mass is 16.5. The van der Waals surface area contributed by atoms with Crippen LogP contribution in [0.3, 0.4) is 0 Å². The molecule has 4 nitrogen and oxygen atoms in total. The summed E-state index contributed by atoms with van der Waals surface area (Å²) in [4.78, 5) is 2.28. The van der Waals surface area contributed by atoms with Crippen LogP contribution in [0.15, 0.2) is 0 Å². The van der Waals surface area contributed by atoms with Crippen molar-refractivity contribution in [2.45, 2.75) is 45.6 Å². The first-order valence-corrected chi connectivity index (χ1v) is 7.20. The average molecular weight is 260 g/mol. The van der Waals surface area contributed by atoms with E-state index < -0.39 is 0 Å². The Bertz CT molecular complexity index is 191. The van der Waals surface area contributed by atoms with Gasteiger partial charge in [-0.15, -0.1) is 0 Å². The topological polar surface area (TPSA) is 44.7 Å². The third-order valence-corrected chi connectivity index (χ3v) is 3.24. The fourth-order valence-electron chi connectivity index (χ4n) is 1.87. The van der Waals surface area contributed by atoms with Crippen LogP contribution in [-0.2, 0) is 4.74 Å². The van der Waals surface area contributed by atoms with Crippen molar-refractivity contribution in [1.29, 1.82) is 0 Å². The molecule has 0 fully saturated rings. The van der Waals surface area contributed by atoms with Crippen LogP contribution in [0.1, 0.15) is 40.0 Å². The number of aliphatic hydroxyl groups is 1. The van der Waals surface area contributed by atoms with Crippen LogP contribution in [0.2, 0.25) is 0 Å². The molecule has 0 heterocycles. The summed E-state index contributed by atoms with van der Waals surface area (Å²) < 4.78 is 5.33. The quantitative estimate of drug-likeness (QED) is 0.522. The zero-order chi connectivity index (χ0) is 13.9. The molecule has 0 bridgehead atoms. The number of ether oxygens (including phenoxy) is 1. The van der Waals surface area contributed by atoms with Crippen molar-refractivity contribution in [2.24, 2.45) is 0 Å². The van der Waals surface area contributed by atoms with E-state index in [4.69, 9.17) is 4.74 Å². The lowest BCUT2D eigenvalue weighted by molar-refractivity contribution is 0.118. The fraction of sp³-hybridized carbons (Fsp3) is 1.00. The molecule has 1 unspecified atom stereocenters. The lowest BCUT2D eigenvalue weighted by Gasteiger charge is -2.29. The molecular formula is C14H32N2O2. The molecule has 0 aromatic carbocycles. The number of aliphatic hydroxyl groups excluding tert-OH is 1. The Morgan fingerprint density at radius 1 is 1.28 bits per heavy atom. The maximum atomic E-state index is 9.45. The summed E-state index contributed by atoms with van der Waals surface area (Å²) in [5.74, 6) is 0. The molecule has 0 aliphatic carbocycles. The predicted octanol–water partition coefficient (Wildman–Crippen LogP) is 1.49. The Hall–Kier alpha value is -0.160. The minimum atomic E-state index is -0.128. The minimum absolute atomic E-state index is 0.128. The molecule has 0 aliphatic rings. The SMILES string of the molecule is CCCNC(C)(CO)CCCN(C)CCOCC. The van der Waals surface area contributed by atoms with Crippen molar-refractivity contribution in [3.8, 4) is 0 Å². The standard InChI is InChI=1S/C14H32N2O2/c1-5-9-15-14(3,13-17)8-7-10-16(4)11-12-18-6-2/h15,17H,5-13H2,1-4H3. The highest BCUT2D eigenvalue weighted by Gasteiger charge is 2.21. The molecule has 0 aromatic rings. The van der Waals surface area contributed by atoms with E-state index in [1.54, 1.807) is 0 Å². The van der Waals surface area contributed by atoms with Gasteiger partial charge < -0.3 is 20.1 Å². The molecule has 4 heteroatoms. The number of likely N-dealkylation sites (N-methyl/N-ethyl adjacent to an activating group) is 1. The van der Waals surface area contributed by atoms with Gasteiger partial charge in [-0.3, -0.25) is 0 Å². The minimum Gasteiger partial charge on any atom is -0.394 e. The maximum absolute atomic E-state index is 9.45. The van der Waals surface area contributed by atoms with E-state index in [0.717, 1.165) is 52.1 Å². The van der Waals surface area contributed by atoms with E-state index in [9.17, 15) is 5.11 Å². The summed E-state index contributed by atoms with van der Waals surface area (Å²) in [5, 5.41) is 12.9. The van der Waals surface area contributed by atoms with Crippen LogP contribution in [0, 0.1) is 0 Å². The number of rotatable bonds is 12. The second kappa shape index (κ2) is 10.7. The average Bonchev–Trinajstić information content (AvgIpc) is 2.37. The third-order valence-electron chi connectivity index (χ3n) is 3.24. The normalized spacial score (nSPS) is 15.0. The van der Waals surface area contributed by atoms with Gasteiger partial charge in [0.1, 0.15) is 0 Å². The van der Waals surface area contributed by atoms with Gasteiger partial charge in [0.25, 0.3) is 0 Å². The highest BCUT2D eigenvalue weighted by Crippen LogP contribution is 2.12. The lowest BCUT2D eigenvalue weighted by Crippen LogP contribution is -2.46. The third kappa shape index (κ3) is 8.86. The van der Waals surface area contributed by atoms with E-state index in [2.05, 4.69) is 31.1 Å². The largest absolute Gasteiger partial charge is 0.394 e. The molecule has 110 valence electrons. The van der Waals surface area contributed by atoms with E-state index in [-0.39, 0.29) is 12.1 Å². The van der Waals surface area contributed by atoms with Gasteiger partial charge >= 0.3 is 0 Å². The van der Waals surface area contributed by atoms with Gasteiger partial charge in [0.05, 0.1) is 13.2 Å². The monoisotopic (exact) mass is 260 g/mol. The molecule has 0 rings (SSSR count). The molecular weight excluding hydrogens is 228 g/mol. The molecule has 0 saturated heterocycles. The molecule has 1 atom stereocenters. The Balaban J connectivity index is 3.71. The second-order valence-electron chi connectivity index (χ2n) is 5.25. The van der Waals surface area contributed by atoms with Crippen molar-refractivity contribution in [3.63, 3.8) is 0 Å². The van der Waals surface area contributed by atoms with Gasteiger partial charge in [0.15, 0.2) is 0 Å². The summed E-state index contributed by atoms with van der Waals surface area (Å²) in [7, 11) is 2.12. The van der Waals surface area contributed by atoms with Crippen LogP contribution in [0.4, 0.5) is 0 Å². The maximum Gasteiger partial charge on any atom is 0.0610 e. The second-order valence-corrected chi connectivity index (χ2v) is 5.25. The van der Waals surface area contributed by atoms with Crippen LogP contribution < -0.4 is 5.32 Å². The van der Waals surface area contributed by atoms with E-state index in [0.29, 0.717) is 0 Å². The molecule has 2 N–H and O–H groups in total. The molecule has 0 aliphatic heterocycles. The summed E-state index contributed by atoms with van der Waals surface area (Å²) >= 11 is 0. The van der Waals surface area contributed by atoms with Crippen molar-refractivity contribution in [1.82, 2.24) is 10.2 Å². The number of nitrogens with one attached hydrogen (secondary N) is 1. The van der Waals surface area contributed by atoms with Crippen LogP contribution in [0.25, 0.3) is 0 Å². The van der Waals surface area contributed by atoms with E-state index >= 15 is 0 Å². The first-order chi connectivity index (χ1) is 8.58. The first kappa shape index (κ1) is 17.8. The Kier molecular flexibility index (Phi) is 10.6. The molecule has 0 spiro atoms. The van der Waals surface area contributed by atoms with Gasteiger partial charge in [0, 0.05) is 18.7 Å². The molecule has 0 aromatic heterocycles. The van der Waals surface area contributed by atoms with Crippen LogP contribution in [0.5, 0.6) is 0 Å². The summed E-state index contributed by atoms with van der Waals surface area (Å²) in [5.41, 5.74) is -0.128. The summed E-state index contributed by atoms with van der Waals surface area (Å²) in [6.45, 7) is 11.1. The summed E-state index contributed by atoms with van der Waals surface area (Å²) in [6.07, 6.45) is 3.20. The van der Waals surface area contributed by atoms with Gasteiger partial charge in [0.2, 0.25) is 0 Å². The number of hydrogen-bond acceptors (Lipinski definition) is 4. The zero-order valence-corrected chi connectivity index (χ0v) is 12.7. The van der Waals surface area contributed by atoms with Crippen molar-refractivity contribution in [2.75, 3.05) is 46.5 Å². The summed E-state index contributed by atoms with van der Waals surface area (Å²) in [6, 6.07) is 0. The zero-order valence-electron chi connectivity index (χ0n) is 12.7. The Morgan fingerprint density at radius 3 is 2.56 bits per heavy atom. The Labute approximate surface area is 113 Å². The first-order valence-electron chi connectivity index (χ1n) is 7.20. The van der Waals surface area contributed by atoms with Crippen LogP contribution in [-0.4, -0.2) is 62.0 Å². The molecule has 0 radical (unpaired) electrons. The van der Waals surface area contributed by atoms with E-state index in [1.165, 1.54) is 0 Å².